The maximum Gasteiger partial charge on any atom is 0.161 e. The lowest BCUT2D eigenvalue weighted by Gasteiger charge is -2.35. The number of rotatable bonds is 4. The SMILES string of the molecule is CCCN1CCN(c2nc(NN)c(Cl)cc2Cl)CC1. The molecule has 0 spiro atoms. The summed E-state index contributed by atoms with van der Waals surface area (Å²) in [5.41, 5.74) is 2.49. The number of nitrogens with two attached hydrogens (primary N) is 1. The van der Waals surface area contributed by atoms with Crippen LogP contribution in [0.5, 0.6) is 0 Å². The zero-order chi connectivity index (χ0) is 13.8. The number of nitrogens with one attached hydrogen (secondary N) is 1. The third kappa shape index (κ3) is 3.42. The van der Waals surface area contributed by atoms with Crippen LogP contribution in [0.3, 0.4) is 0 Å². The summed E-state index contributed by atoms with van der Waals surface area (Å²) < 4.78 is 0. The van der Waals surface area contributed by atoms with Gasteiger partial charge in [-0.25, -0.2) is 10.8 Å². The molecule has 19 heavy (non-hydrogen) atoms. The molecular formula is C12H19Cl2N5. The third-order valence-corrected chi connectivity index (χ3v) is 3.83. The van der Waals surface area contributed by atoms with Crippen molar-refractivity contribution < 1.29 is 0 Å². The van der Waals surface area contributed by atoms with Crippen LogP contribution in [0, 0.1) is 0 Å². The molecular weight excluding hydrogens is 285 g/mol. The number of aromatic nitrogens is 1. The molecule has 5 nitrogen and oxygen atoms in total. The van der Waals surface area contributed by atoms with Gasteiger partial charge in [-0.15, -0.1) is 0 Å². The summed E-state index contributed by atoms with van der Waals surface area (Å²) in [6, 6.07) is 1.68. The van der Waals surface area contributed by atoms with Crippen molar-refractivity contribution in [2.45, 2.75) is 13.3 Å². The molecule has 7 heteroatoms. The van der Waals surface area contributed by atoms with E-state index in [9.17, 15) is 0 Å². The maximum atomic E-state index is 6.22. The molecule has 0 radical (unpaired) electrons. The molecule has 0 bridgehead atoms. The highest BCUT2D eigenvalue weighted by molar-refractivity contribution is 6.37. The van der Waals surface area contributed by atoms with Crippen molar-refractivity contribution in [1.82, 2.24) is 9.88 Å². The molecule has 106 valence electrons. The fourth-order valence-corrected chi connectivity index (χ4v) is 2.81. The molecule has 0 amide bonds. The second-order valence-corrected chi connectivity index (χ2v) is 5.41. The van der Waals surface area contributed by atoms with E-state index in [0.717, 1.165) is 38.5 Å². The number of piperazine rings is 1. The van der Waals surface area contributed by atoms with Gasteiger partial charge in [0.1, 0.15) is 5.82 Å². The van der Waals surface area contributed by atoms with Crippen molar-refractivity contribution in [3.8, 4) is 0 Å². The second kappa shape index (κ2) is 6.61. The van der Waals surface area contributed by atoms with E-state index < -0.39 is 0 Å². The average Bonchev–Trinajstić information content (AvgIpc) is 2.41. The first-order valence-electron chi connectivity index (χ1n) is 6.45. The van der Waals surface area contributed by atoms with Crippen LogP contribution in [0.15, 0.2) is 6.07 Å². The van der Waals surface area contributed by atoms with E-state index in [0.29, 0.717) is 15.9 Å². The van der Waals surface area contributed by atoms with E-state index in [-0.39, 0.29) is 0 Å². The predicted molar refractivity (Wildman–Crippen MR) is 81.0 cm³/mol. The molecule has 1 saturated heterocycles. The van der Waals surface area contributed by atoms with Crippen molar-refractivity contribution in [1.29, 1.82) is 0 Å². The van der Waals surface area contributed by atoms with Crippen molar-refractivity contribution >= 4 is 34.8 Å². The van der Waals surface area contributed by atoms with Gasteiger partial charge in [-0.3, -0.25) is 4.90 Å². The summed E-state index contributed by atoms with van der Waals surface area (Å²) in [6.07, 6.45) is 1.18. The largest absolute Gasteiger partial charge is 0.353 e. The van der Waals surface area contributed by atoms with Crippen LogP contribution >= 0.6 is 23.2 Å². The molecule has 0 unspecified atom stereocenters. The second-order valence-electron chi connectivity index (χ2n) is 4.60. The Labute approximate surface area is 123 Å². The lowest BCUT2D eigenvalue weighted by Crippen LogP contribution is -2.47. The summed E-state index contributed by atoms with van der Waals surface area (Å²) >= 11 is 12.2. The fraction of sp³-hybridized carbons (Fsp3) is 0.583. The van der Waals surface area contributed by atoms with Gasteiger partial charge in [-0.2, -0.15) is 0 Å². The molecule has 2 rings (SSSR count). The van der Waals surface area contributed by atoms with E-state index in [2.05, 4.69) is 27.1 Å². The molecule has 1 aromatic heterocycles. The van der Waals surface area contributed by atoms with Gasteiger partial charge < -0.3 is 10.3 Å². The lowest BCUT2D eigenvalue weighted by atomic mass is 10.3. The molecule has 0 aliphatic carbocycles. The topological polar surface area (TPSA) is 57.4 Å². The van der Waals surface area contributed by atoms with Crippen LogP contribution in [0.2, 0.25) is 10.0 Å². The van der Waals surface area contributed by atoms with Crippen molar-refractivity contribution in [2.24, 2.45) is 5.84 Å². The van der Waals surface area contributed by atoms with Crippen LogP contribution < -0.4 is 16.2 Å². The Hall–Kier alpha value is -0.750. The molecule has 1 aromatic rings. The van der Waals surface area contributed by atoms with Gasteiger partial charge in [0.05, 0.1) is 10.0 Å². The Morgan fingerprint density at radius 2 is 1.95 bits per heavy atom. The van der Waals surface area contributed by atoms with E-state index in [4.69, 9.17) is 29.0 Å². The minimum Gasteiger partial charge on any atom is -0.353 e. The molecule has 0 saturated carbocycles. The molecule has 3 N–H and O–H groups in total. The number of hydrogen-bond acceptors (Lipinski definition) is 5. The van der Waals surface area contributed by atoms with E-state index in [1.807, 2.05) is 0 Å². The number of nitrogen functional groups attached to an aromatic ring is 1. The zero-order valence-corrected chi connectivity index (χ0v) is 12.5. The summed E-state index contributed by atoms with van der Waals surface area (Å²) in [7, 11) is 0. The highest BCUT2D eigenvalue weighted by Gasteiger charge is 2.20. The third-order valence-electron chi connectivity index (χ3n) is 3.26. The van der Waals surface area contributed by atoms with Crippen molar-refractivity contribution in [3.63, 3.8) is 0 Å². The highest BCUT2D eigenvalue weighted by Crippen LogP contribution is 2.31. The zero-order valence-electron chi connectivity index (χ0n) is 11.0. The normalized spacial score (nSPS) is 16.7. The highest BCUT2D eigenvalue weighted by atomic mass is 35.5. The van der Waals surface area contributed by atoms with E-state index >= 15 is 0 Å². The molecule has 2 heterocycles. The average molecular weight is 304 g/mol. The van der Waals surface area contributed by atoms with Crippen LogP contribution in [0.1, 0.15) is 13.3 Å². The Kier molecular flexibility index (Phi) is 5.10. The van der Waals surface area contributed by atoms with Gasteiger partial charge in [0, 0.05) is 26.2 Å². The minimum absolute atomic E-state index is 0.431. The monoisotopic (exact) mass is 303 g/mol. The van der Waals surface area contributed by atoms with Gasteiger partial charge >= 0.3 is 0 Å². The molecule has 0 atom stereocenters. The smallest absolute Gasteiger partial charge is 0.161 e. The summed E-state index contributed by atoms with van der Waals surface area (Å²) in [5.74, 6) is 6.60. The standard InChI is InChI=1S/C12H19Cl2N5/c1-2-3-18-4-6-19(7-5-18)12-10(14)8-9(13)11(16-12)17-15/h8H,2-7,15H2,1H3,(H,16,17). The Morgan fingerprint density at radius 3 is 2.53 bits per heavy atom. The molecule has 1 aliphatic rings. The number of hydrogen-bond donors (Lipinski definition) is 2. The van der Waals surface area contributed by atoms with Crippen LogP contribution in [0.4, 0.5) is 11.6 Å². The Bertz CT molecular complexity index is 432. The predicted octanol–water partition coefficient (Wildman–Crippen LogP) is 2.21. The van der Waals surface area contributed by atoms with Gasteiger partial charge in [0.15, 0.2) is 5.82 Å². The first-order valence-corrected chi connectivity index (χ1v) is 7.21. The Balaban J connectivity index is 2.11. The fourth-order valence-electron chi connectivity index (χ4n) is 2.28. The first-order chi connectivity index (χ1) is 9.15. The number of nitrogens with zero attached hydrogens (tertiary/aromatic N) is 3. The quantitative estimate of drug-likeness (QED) is 0.660. The van der Waals surface area contributed by atoms with Gasteiger partial charge in [0.25, 0.3) is 0 Å². The van der Waals surface area contributed by atoms with Crippen molar-refractivity contribution in [2.75, 3.05) is 43.0 Å². The molecule has 1 fully saturated rings. The summed E-state index contributed by atoms with van der Waals surface area (Å²) in [6.45, 7) is 7.23. The maximum absolute atomic E-state index is 6.22. The first kappa shape index (κ1) is 14.7. The van der Waals surface area contributed by atoms with Crippen LogP contribution in [0.25, 0.3) is 0 Å². The van der Waals surface area contributed by atoms with Crippen molar-refractivity contribution in [3.05, 3.63) is 16.1 Å². The molecule has 1 aliphatic heterocycles. The van der Waals surface area contributed by atoms with Gasteiger partial charge in [-0.1, -0.05) is 30.1 Å². The number of halogens is 2. The minimum atomic E-state index is 0.431. The molecule has 0 aromatic carbocycles. The van der Waals surface area contributed by atoms with Crippen LogP contribution in [-0.2, 0) is 0 Å². The summed E-state index contributed by atoms with van der Waals surface area (Å²) in [5, 5.41) is 0.994. The lowest BCUT2D eigenvalue weighted by molar-refractivity contribution is 0.258. The van der Waals surface area contributed by atoms with Gasteiger partial charge in [0.2, 0.25) is 0 Å². The number of pyridine rings is 1. The Morgan fingerprint density at radius 1 is 1.26 bits per heavy atom. The van der Waals surface area contributed by atoms with Crippen LogP contribution in [-0.4, -0.2) is 42.6 Å². The van der Waals surface area contributed by atoms with Gasteiger partial charge in [-0.05, 0) is 19.0 Å². The number of anilines is 2. The van der Waals surface area contributed by atoms with E-state index in [1.54, 1.807) is 6.07 Å². The number of hydrazine groups is 1. The summed E-state index contributed by atoms with van der Waals surface area (Å²) in [4.78, 5) is 9.01. The van der Waals surface area contributed by atoms with E-state index in [1.165, 1.54) is 6.42 Å².